The van der Waals surface area contributed by atoms with Crippen LogP contribution in [0.2, 0.25) is 5.02 Å². The molecule has 0 saturated heterocycles. The average Bonchev–Trinajstić information content (AvgIpc) is 2.33. The van der Waals surface area contributed by atoms with Gasteiger partial charge in [-0.15, -0.1) is 0 Å². The number of benzene rings is 1. The molecule has 51 valence electrons. The number of aryl methyl sites for hydroxylation is 1. The van der Waals surface area contributed by atoms with Gasteiger partial charge in [0.15, 0.2) is 0 Å². The minimum absolute atomic E-state index is 0.844. The zero-order valence-electron chi connectivity index (χ0n) is 5.60. The Kier molecular flexibility index (Phi) is 1.42. The van der Waals surface area contributed by atoms with Crippen LogP contribution in [-0.4, -0.2) is 0 Å². The van der Waals surface area contributed by atoms with Gasteiger partial charge in [-0.1, -0.05) is 17.7 Å². The summed E-state index contributed by atoms with van der Waals surface area (Å²) in [7, 11) is 0. The third kappa shape index (κ3) is 0.929. The largest absolute Gasteiger partial charge is 0.0843 e. The molecular weight excluding hydrogens is 144 g/mol. The molecule has 1 radical (unpaired) electrons. The van der Waals surface area contributed by atoms with Gasteiger partial charge in [0, 0.05) is 5.02 Å². The molecule has 0 amide bonds. The van der Waals surface area contributed by atoms with Crippen molar-refractivity contribution in [1.29, 1.82) is 0 Å². The van der Waals surface area contributed by atoms with E-state index in [0.29, 0.717) is 0 Å². The lowest BCUT2D eigenvalue weighted by Gasteiger charge is -1.96. The standard InChI is InChI=1S/C9H8Cl/c10-9-5-4-7-2-1-3-8(7)6-9/h3-6H,1-2H2. The van der Waals surface area contributed by atoms with Crippen LogP contribution < -0.4 is 0 Å². The third-order valence-corrected chi connectivity index (χ3v) is 2.12. The second-order valence-electron chi connectivity index (χ2n) is 2.59. The smallest absolute Gasteiger partial charge is 0.0409 e. The van der Waals surface area contributed by atoms with E-state index in [1.807, 2.05) is 12.1 Å². The zero-order valence-corrected chi connectivity index (χ0v) is 6.36. The Morgan fingerprint density at radius 3 is 3.10 bits per heavy atom. The van der Waals surface area contributed by atoms with Gasteiger partial charge in [-0.2, -0.15) is 0 Å². The van der Waals surface area contributed by atoms with Crippen molar-refractivity contribution in [3.05, 3.63) is 40.8 Å². The fraction of sp³-hybridized carbons (Fsp3) is 0.222. The fourth-order valence-electron chi connectivity index (χ4n) is 1.37. The van der Waals surface area contributed by atoms with Crippen molar-refractivity contribution >= 4 is 11.6 Å². The first-order valence-corrected chi connectivity index (χ1v) is 3.86. The summed E-state index contributed by atoms with van der Waals surface area (Å²) in [6, 6.07) is 6.10. The molecule has 0 unspecified atom stereocenters. The van der Waals surface area contributed by atoms with Gasteiger partial charge in [0.1, 0.15) is 0 Å². The molecule has 0 atom stereocenters. The molecule has 1 aliphatic carbocycles. The maximum Gasteiger partial charge on any atom is 0.0409 e. The predicted octanol–water partition coefficient (Wildman–Crippen LogP) is 2.84. The van der Waals surface area contributed by atoms with E-state index in [2.05, 4.69) is 12.5 Å². The lowest BCUT2D eigenvalue weighted by atomic mass is 10.1. The monoisotopic (exact) mass is 151 g/mol. The van der Waals surface area contributed by atoms with E-state index in [1.165, 1.54) is 24.0 Å². The van der Waals surface area contributed by atoms with E-state index in [0.717, 1.165) is 5.02 Å². The second kappa shape index (κ2) is 2.28. The van der Waals surface area contributed by atoms with E-state index in [-0.39, 0.29) is 0 Å². The van der Waals surface area contributed by atoms with E-state index < -0.39 is 0 Å². The van der Waals surface area contributed by atoms with Crippen molar-refractivity contribution in [2.75, 3.05) is 0 Å². The van der Waals surface area contributed by atoms with Crippen molar-refractivity contribution in [2.45, 2.75) is 12.8 Å². The van der Waals surface area contributed by atoms with Crippen LogP contribution in [0.15, 0.2) is 18.2 Å². The summed E-state index contributed by atoms with van der Waals surface area (Å²) in [6.07, 6.45) is 4.60. The SMILES string of the molecule is Clc1ccc2c(c1)[CH]CC2. The van der Waals surface area contributed by atoms with E-state index in [1.54, 1.807) is 0 Å². The van der Waals surface area contributed by atoms with Crippen LogP contribution in [0.3, 0.4) is 0 Å². The van der Waals surface area contributed by atoms with Crippen LogP contribution in [0.5, 0.6) is 0 Å². The molecule has 1 aromatic rings. The average molecular weight is 152 g/mol. The Hall–Kier alpha value is -0.490. The molecule has 1 aromatic carbocycles. The van der Waals surface area contributed by atoms with Gasteiger partial charge < -0.3 is 0 Å². The van der Waals surface area contributed by atoms with Gasteiger partial charge in [-0.05, 0) is 42.5 Å². The van der Waals surface area contributed by atoms with E-state index >= 15 is 0 Å². The topological polar surface area (TPSA) is 0 Å². The maximum absolute atomic E-state index is 5.80. The number of hydrogen-bond acceptors (Lipinski definition) is 0. The van der Waals surface area contributed by atoms with Crippen LogP contribution in [0.4, 0.5) is 0 Å². The number of rotatable bonds is 0. The molecule has 0 heterocycles. The Balaban J connectivity index is 2.52. The van der Waals surface area contributed by atoms with Crippen LogP contribution >= 0.6 is 11.6 Å². The molecule has 0 aromatic heterocycles. The molecule has 2 rings (SSSR count). The Bertz CT molecular complexity index is 253. The molecule has 0 aliphatic heterocycles. The van der Waals surface area contributed by atoms with Gasteiger partial charge >= 0.3 is 0 Å². The molecule has 0 spiro atoms. The highest BCUT2D eigenvalue weighted by atomic mass is 35.5. The summed E-state index contributed by atoms with van der Waals surface area (Å²) in [5, 5.41) is 0.844. The number of fused-ring (bicyclic) bond motifs is 1. The predicted molar refractivity (Wildman–Crippen MR) is 43.2 cm³/mol. The van der Waals surface area contributed by atoms with E-state index in [4.69, 9.17) is 11.6 Å². The van der Waals surface area contributed by atoms with Gasteiger partial charge in [-0.25, -0.2) is 0 Å². The third-order valence-electron chi connectivity index (χ3n) is 1.89. The van der Waals surface area contributed by atoms with Crippen molar-refractivity contribution in [1.82, 2.24) is 0 Å². The van der Waals surface area contributed by atoms with Gasteiger partial charge in [0.25, 0.3) is 0 Å². The number of halogens is 1. The molecule has 0 bridgehead atoms. The van der Waals surface area contributed by atoms with Crippen LogP contribution in [0, 0.1) is 6.42 Å². The second-order valence-corrected chi connectivity index (χ2v) is 3.02. The summed E-state index contributed by atoms with van der Waals surface area (Å²) in [4.78, 5) is 0. The summed E-state index contributed by atoms with van der Waals surface area (Å²) < 4.78 is 0. The zero-order chi connectivity index (χ0) is 6.97. The van der Waals surface area contributed by atoms with Crippen molar-refractivity contribution < 1.29 is 0 Å². The lowest BCUT2D eigenvalue weighted by molar-refractivity contribution is 1.03. The van der Waals surface area contributed by atoms with Crippen molar-refractivity contribution in [3.8, 4) is 0 Å². The first kappa shape index (κ1) is 6.23. The van der Waals surface area contributed by atoms with Crippen LogP contribution in [0.1, 0.15) is 17.5 Å². The quantitative estimate of drug-likeness (QED) is 0.535. The maximum atomic E-state index is 5.80. The summed E-state index contributed by atoms with van der Waals surface area (Å²) >= 11 is 5.80. The molecule has 1 heteroatoms. The highest BCUT2D eigenvalue weighted by Gasteiger charge is 2.09. The molecule has 10 heavy (non-hydrogen) atoms. The molecule has 0 fully saturated rings. The van der Waals surface area contributed by atoms with Crippen molar-refractivity contribution in [2.24, 2.45) is 0 Å². The normalized spacial score (nSPS) is 15.3. The molecule has 0 saturated carbocycles. The molecule has 0 N–H and O–H groups in total. The van der Waals surface area contributed by atoms with Gasteiger partial charge in [0.2, 0.25) is 0 Å². The van der Waals surface area contributed by atoms with Crippen molar-refractivity contribution in [3.63, 3.8) is 0 Å². The van der Waals surface area contributed by atoms with Crippen LogP contribution in [-0.2, 0) is 6.42 Å². The summed E-state index contributed by atoms with van der Waals surface area (Å²) in [6.45, 7) is 0. The first-order chi connectivity index (χ1) is 4.86. The fourth-order valence-corrected chi connectivity index (χ4v) is 1.55. The minimum atomic E-state index is 0.844. The highest BCUT2D eigenvalue weighted by Crippen LogP contribution is 2.25. The molecule has 0 nitrogen and oxygen atoms in total. The molecule has 1 aliphatic rings. The number of hydrogen-bond donors (Lipinski definition) is 0. The Morgan fingerprint density at radius 2 is 2.20 bits per heavy atom. The first-order valence-electron chi connectivity index (χ1n) is 3.48. The van der Waals surface area contributed by atoms with E-state index in [9.17, 15) is 0 Å². The summed E-state index contributed by atoms with van der Waals surface area (Å²) in [5.41, 5.74) is 2.76. The minimum Gasteiger partial charge on any atom is -0.0843 e. The van der Waals surface area contributed by atoms with Gasteiger partial charge in [0.05, 0.1) is 0 Å². The summed E-state index contributed by atoms with van der Waals surface area (Å²) in [5.74, 6) is 0. The lowest BCUT2D eigenvalue weighted by Crippen LogP contribution is -1.78. The highest BCUT2D eigenvalue weighted by molar-refractivity contribution is 6.30. The Labute approximate surface area is 65.8 Å². The Morgan fingerprint density at radius 1 is 1.30 bits per heavy atom. The molecular formula is C9H8Cl. The van der Waals surface area contributed by atoms with Crippen LogP contribution in [0.25, 0.3) is 0 Å². The van der Waals surface area contributed by atoms with Gasteiger partial charge in [-0.3, -0.25) is 0 Å².